The van der Waals surface area contributed by atoms with Crippen LogP contribution in [0.15, 0.2) is 206 Å². The Kier molecular flexibility index (Phi) is 7.53. The number of nitrogens with zero attached hydrogens (tertiary/aromatic N) is 5. The Bertz CT molecular complexity index is 4270. The van der Waals surface area contributed by atoms with Crippen LogP contribution in [-0.2, 0) is 0 Å². The Morgan fingerprint density at radius 1 is 0.424 bits per heavy atom. The molecule has 14 rings (SSSR count). The van der Waals surface area contributed by atoms with E-state index in [2.05, 4.69) is 213 Å². The number of nitriles is 1. The molecular weight excluding hydrogens is 803 g/mol. The molecular formula is C61H35N5. The summed E-state index contributed by atoms with van der Waals surface area (Å²) in [6.45, 7) is 8.76. The van der Waals surface area contributed by atoms with Crippen molar-refractivity contribution in [2.75, 3.05) is 0 Å². The summed E-state index contributed by atoms with van der Waals surface area (Å²) in [5, 5.41) is 20.4. The van der Waals surface area contributed by atoms with E-state index in [1.54, 1.807) is 0 Å². The van der Waals surface area contributed by atoms with Crippen molar-refractivity contribution in [1.82, 2.24) is 13.7 Å². The Labute approximate surface area is 379 Å². The molecule has 3 heterocycles. The summed E-state index contributed by atoms with van der Waals surface area (Å²) in [5.41, 5.74) is 15.8. The van der Waals surface area contributed by atoms with Gasteiger partial charge in [-0.25, -0.2) is 4.85 Å². The van der Waals surface area contributed by atoms with Crippen molar-refractivity contribution < 1.29 is 0 Å². The lowest BCUT2D eigenvalue weighted by molar-refractivity contribution is 1.01. The Hall–Kier alpha value is -9.16. The highest BCUT2D eigenvalue weighted by molar-refractivity contribution is 6.21. The van der Waals surface area contributed by atoms with Crippen LogP contribution in [0, 0.1) is 17.9 Å². The predicted molar refractivity (Wildman–Crippen MR) is 271 cm³/mol. The number of aromatic nitrogens is 3. The van der Waals surface area contributed by atoms with Crippen LogP contribution in [0.25, 0.3) is 109 Å². The Balaban J connectivity index is 1.08. The summed E-state index contributed by atoms with van der Waals surface area (Å²) in [4.78, 5) is 4.25. The molecule has 0 radical (unpaired) electrons. The maximum atomic E-state index is 11.3. The van der Waals surface area contributed by atoms with Crippen LogP contribution in [-0.4, -0.2) is 13.7 Å². The van der Waals surface area contributed by atoms with Gasteiger partial charge < -0.3 is 13.7 Å². The van der Waals surface area contributed by atoms with E-state index in [9.17, 15) is 5.26 Å². The van der Waals surface area contributed by atoms with E-state index in [1.165, 1.54) is 38.6 Å². The van der Waals surface area contributed by atoms with Gasteiger partial charge in [0.05, 0.1) is 56.6 Å². The second-order valence-electron chi connectivity index (χ2n) is 17.4. The molecule has 5 nitrogen and oxygen atoms in total. The van der Waals surface area contributed by atoms with E-state index < -0.39 is 0 Å². The van der Waals surface area contributed by atoms with E-state index >= 15 is 0 Å². The largest absolute Gasteiger partial charge is 0.319 e. The van der Waals surface area contributed by atoms with E-state index in [0.717, 1.165) is 71.1 Å². The van der Waals surface area contributed by atoms with Crippen LogP contribution >= 0.6 is 0 Å². The fraction of sp³-hybridized carbons (Fsp3) is 0.0164. The minimum Gasteiger partial charge on any atom is -0.319 e. The second-order valence-corrected chi connectivity index (χ2v) is 17.4. The van der Waals surface area contributed by atoms with E-state index in [0.29, 0.717) is 22.6 Å². The lowest BCUT2D eigenvalue weighted by Gasteiger charge is -2.17. The first-order valence-electron chi connectivity index (χ1n) is 22.3. The van der Waals surface area contributed by atoms with E-state index in [1.807, 2.05) is 18.2 Å². The first-order valence-corrected chi connectivity index (χ1v) is 22.3. The summed E-state index contributed by atoms with van der Waals surface area (Å²) >= 11 is 0. The minimum atomic E-state index is 0.0319. The molecule has 13 aromatic rings. The van der Waals surface area contributed by atoms with E-state index in [-0.39, 0.29) is 5.92 Å². The summed E-state index contributed by atoms with van der Waals surface area (Å²) in [5.74, 6) is 0.0319. The number of hydrogen-bond donors (Lipinski definition) is 0. The number of rotatable bonds is 4. The van der Waals surface area contributed by atoms with E-state index in [4.69, 9.17) is 6.57 Å². The van der Waals surface area contributed by atoms with Crippen molar-refractivity contribution in [2.24, 2.45) is 0 Å². The van der Waals surface area contributed by atoms with Gasteiger partial charge >= 0.3 is 0 Å². The molecule has 304 valence electrons. The van der Waals surface area contributed by atoms with Crippen molar-refractivity contribution in [3.8, 4) is 34.3 Å². The zero-order valence-electron chi connectivity index (χ0n) is 35.4. The summed E-state index contributed by atoms with van der Waals surface area (Å²) in [6.07, 6.45) is 0. The molecule has 0 bridgehead atoms. The third kappa shape index (κ3) is 4.92. The molecule has 1 atom stereocenters. The molecule has 1 unspecified atom stereocenters. The molecule has 5 heteroatoms. The maximum Gasteiger partial charge on any atom is 0.212 e. The predicted octanol–water partition coefficient (Wildman–Crippen LogP) is 15.7. The zero-order valence-corrected chi connectivity index (χ0v) is 35.4. The van der Waals surface area contributed by atoms with Gasteiger partial charge in [-0.3, -0.25) is 0 Å². The minimum absolute atomic E-state index is 0.0319. The third-order valence-corrected chi connectivity index (χ3v) is 14.1. The maximum absolute atomic E-state index is 11.3. The molecule has 66 heavy (non-hydrogen) atoms. The van der Waals surface area contributed by atoms with Crippen LogP contribution < -0.4 is 0 Å². The van der Waals surface area contributed by atoms with Gasteiger partial charge in [-0.1, -0.05) is 140 Å². The number of fused-ring (bicyclic) bond motifs is 14. The molecule has 0 spiro atoms. The molecule has 1 aliphatic carbocycles. The van der Waals surface area contributed by atoms with Crippen molar-refractivity contribution in [3.63, 3.8) is 0 Å². The number of benzene rings is 10. The first-order chi connectivity index (χ1) is 32.7. The fourth-order valence-corrected chi connectivity index (χ4v) is 11.4. The molecule has 0 amide bonds. The smallest absolute Gasteiger partial charge is 0.212 e. The van der Waals surface area contributed by atoms with Gasteiger partial charge in [0.25, 0.3) is 0 Å². The standard InChI is InChI=1S/C61H35N5/c1-63-51-35-57(39(36-62)31-59(51)65-54-26-14-11-23-46(54)61-41-18-6-5-15-37(41)27-29-56(61)65)66-55-30-28-40(64-52-24-12-9-20-43(52)44-21-10-13-25-53(44)64)32-48(55)49-33-47-42-19-7-8-22-45(42)60(50(47)34-58(49)66)38-16-3-2-4-17-38/h2-35,60H. The van der Waals surface area contributed by atoms with Crippen molar-refractivity contribution in [2.45, 2.75) is 5.92 Å². The highest BCUT2D eigenvalue weighted by atomic mass is 15.0. The van der Waals surface area contributed by atoms with Crippen LogP contribution in [0.5, 0.6) is 0 Å². The normalized spacial score (nSPS) is 13.3. The molecule has 0 N–H and O–H groups in total. The topological polar surface area (TPSA) is 42.9 Å². The molecule has 10 aromatic carbocycles. The van der Waals surface area contributed by atoms with Crippen molar-refractivity contribution in [1.29, 1.82) is 5.26 Å². The first kappa shape index (κ1) is 36.3. The molecule has 1 aliphatic rings. The highest BCUT2D eigenvalue weighted by Crippen LogP contribution is 2.51. The average molecular weight is 838 g/mol. The summed E-state index contributed by atoms with van der Waals surface area (Å²) in [6, 6.07) is 75.8. The van der Waals surface area contributed by atoms with Gasteiger partial charge in [0, 0.05) is 43.9 Å². The van der Waals surface area contributed by atoms with Gasteiger partial charge in [0.2, 0.25) is 5.69 Å². The lowest BCUT2D eigenvalue weighted by Crippen LogP contribution is -2.03. The van der Waals surface area contributed by atoms with Crippen LogP contribution in [0.2, 0.25) is 0 Å². The van der Waals surface area contributed by atoms with Crippen LogP contribution in [0.1, 0.15) is 28.2 Å². The Morgan fingerprint density at radius 3 is 1.79 bits per heavy atom. The SMILES string of the molecule is [C-]#[N+]c1cc(-n2c3ccc(-n4c5ccccc5c5ccccc54)cc3c3cc4c(cc32)C(c2ccccc2)c2ccccc2-4)c(C#N)cc1-n1c2ccccc2c2c3ccccc3ccc21. The summed E-state index contributed by atoms with van der Waals surface area (Å²) in [7, 11) is 0. The molecule has 0 saturated heterocycles. The van der Waals surface area contributed by atoms with Crippen LogP contribution in [0.3, 0.4) is 0 Å². The van der Waals surface area contributed by atoms with Gasteiger partial charge in [-0.2, -0.15) is 5.26 Å². The summed E-state index contributed by atoms with van der Waals surface area (Å²) < 4.78 is 6.78. The molecule has 0 aliphatic heterocycles. The monoisotopic (exact) mass is 837 g/mol. The van der Waals surface area contributed by atoms with Crippen molar-refractivity contribution >= 4 is 81.9 Å². The fourth-order valence-electron chi connectivity index (χ4n) is 11.4. The number of para-hydroxylation sites is 3. The second kappa shape index (κ2) is 13.7. The van der Waals surface area contributed by atoms with Crippen molar-refractivity contribution in [3.05, 3.63) is 240 Å². The molecule has 0 saturated carbocycles. The zero-order chi connectivity index (χ0) is 43.6. The van der Waals surface area contributed by atoms with Gasteiger partial charge in [0.1, 0.15) is 6.07 Å². The van der Waals surface area contributed by atoms with Gasteiger partial charge in [0.15, 0.2) is 0 Å². The molecule has 3 aromatic heterocycles. The highest BCUT2D eigenvalue weighted by Gasteiger charge is 2.32. The number of hydrogen-bond acceptors (Lipinski definition) is 1. The Morgan fingerprint density at radius 2 is 1.03 bits per heavy atom. The molecule has 0 fully saturated rings. The van der Waals surface area contributed by atoms with Crippen LogP contribution in [0.4, 0.5) is 5.69 Å². The van der Waals surface area contributed by atoms with Gasteiger partial charge in [-0.15, -0.1) is 0 Å². The van der Waals surface area contributed by atoms with Gasteiger partial charge in [-0.05, 0) is 105 Å². The average Bonchev–Trinajstić information content (AvgIpc) is 4.10. The third-order valence-electron chi connectivity index (χ3n) is 14.1. The quantitative estimate of drug-likeness (QED) is 0.163. The lowest BCUT2D eigenvalue weighted by atomic mass is 9.89.